The van der Waals surface area contributed by atoms with E-state index in [1.807, 2.05) is 19.0 Å². The Labute approximate surface area is 197 Å². The van der Waals surface area contributed by atoms with E-state index in [0.29, 0.717) is 24.1 Å². The zero-order valence-corrected chi connectivity index (χ0v) is 19.5. The molecule has 1 aliphatic heterocycles. The van der Waals surface area contributed by atoms with Crippen LogP contribution in [0.25, 0.3) is 5.76 Å². The average molecular weight is 470 g/mol. The van der Waals surface area contributed by atoms with Crippen molar-refractivity contribution in [3.8, 4) is 5.75 Å². The molecule has 0 bridgehead atoms. The molecule has 1 amide bonds. The van der Waals surface area contributed by atoms with Gasteiger partial charge in [-0.1, -0.05) is 12.1 Å². The molecule has 0 saturated carbocycles. The van der Waals surface area contributed by atoms with Gasteiger partial charge in [-0.2, -0.15) is 0 Å². The van der Waals surface area contributed by atoms with Gasteiger partial charge in [0.15, 0.2) is 11.6 Å². The Morgan fingerprint density at radius 2 is 1.74 bits per heavy atom. The lowest BCUT2D eigenvalue weighted by atomic mass is 9.94. The summed E-state index contributed by atoms with van der Waals surface area (Å²) in [6.45, 7) is 0.945. The minimum absolute atomic E-state index is 0.0179. The van der Waals surface area contributed by atoms with Crippen LogP contribution in [0.4, 0.5) is 4.39 Å². The largest absolute Gasteiger partial charge is 0.507 e. The maximum absolute atomic E-state index is 14.3. The molecule has 0 aliphatic carbocycles. The van der Waals surface area contributed by atoms with Crippen LogP contribution in [0, 0.1) is 5.82 Å². The molecule has 9 heteroatoms. The number of carbonyl (C=O) groups is 3. The maximum atomic E-state index is 14.3. The number of aliphatic hydroxyl groups excluding tert-OH is 1. The summed E-state index contributed by atoms with van der Waals surface area (Å²) in [5.41, 5.74) is 0.714. The topological polar surface area (TPSA) is 96.4 Å². The average Bonchev–Trinajstić information content (AvgIpc) is 3.08. The number of methoxy groups -OCH3 is 2. The van der Waals surface area contributed by atoms with Gasteiger partial charge in [0, 0.05) is 12.1 Å². The molecule has 1 heterocycles. The Morgan fingerprint density at radius 1 is 1.09 bits per heavy atom. The number of aliphatic hydroxyl groups is 1. The molecule has 2 aromatic carbocycles. The third kappa shape index (κ3) is 4.94. The summed E-state index contributed by atoms with van der Waals surface area (Å²) in [4.78, 5) is 41.1. The first-order valence-electron chi connectivity index (χ1n) is 10.6. The second-order valence-corrected chi connectivity index (χ2v) is 8.11. The molecule has 1 fully saturated rings. The Kier molecular flexibility index (Phi) is 7.68. The van der Waals surface area contributed by atoms with Crippen molar-refractivity contribution in [2.45, 2.75) is 12.5 Å². The molecule has 180 valence electrons. The fraction of sp³-hybridized carbons (Fsp3) is 0.320. The molecule has 1 N–H and O–H groups in total. The highest BCUT2D eigenvalue weighted by Crippen LogP contribution is 2.40. The molecule has 1 aliphatic rings. The van der Waals surface area contributed by atoms with Gasteiger partial charge >= 0.3 is 5.97 Å². The summed E-state index contributed by atoms with van der Waals surface area (Å²) in [6, 6.07) is 9.13. The van der Waals surface area contributed by atoms with Crippen LogP contribution in [0.5, 0.6) is 5.75 Å². The van der Waals surface area contributed by atoms with Gasteiger partial charge in [0.25, 0.3) is 11.7 Å². The molecule has 1 unspecified atom stereocenters. The highest BCUT2D eigenvalue weighted by Gasteiger charge is 2.45. The van der Waals surface area contributed by atoms with Crippen LogP contribution in [0.3, 0.4) is 0 Å². The number of carbonyl (C=O) groups excluding carboxylic acids is 3. The standard InChI is InChI=1S/C25H27FN2O6/c1-27(2)12-5-13-28-21(15-6-8-16(9-7-15)25(32)34-4)20(23(30)24(28)31)22(29)17-10-11-19(33-3)18(26)14-17/h6-11,14,21,29H,5,12-13H2,1-4H3/b22-20-. The zero-order valence-electron chi connectivity index (χ0n) is 19.5. The van der Waals surface area contributed by atoms with E-state index in [0.717, 1.165) is 6.07 Å². The molecule has 2 aromatic rings. The lowest BCUT2D eigenvalue weighted by Gasteiger charge is -2.26. The summed E-state index contributed by atoms with van der Waals surface area (Å²) in [6.07, 6.45) is 0.591. The lowest BCUT2D eigenvalue weighted by Crippen LogP contribution is -2.32. The quantitative estimate of drug-likeness (QED) is 0.274. The van der Waals surface area contributed by atoms with Crippen LogP contribution >= 0.6 is 0 Å². The Hall–Kier alpha value is -3.72. The van der Waals surface area contributed by atoms with Gasteiger partial charge in [0.1, 0.15) is 5.76 Å². The van der Waals surface area contributed by atoms with Crippen molar-refractivity contribution in [2.75, 3.05) is 41.4 Å². The van der Waals surface area contributed by atoms with Crippen molar-refractivity contribution in [3.05, 3.63) is 70.5 Å². The predicted molar refractivity (Wildman–Crippen MR) is 123 cm³/mol. The van der Waals surface area contributed by atoms with Gasteiger partial charge in [-0.05, 0) is 63.0 Å². The number of amides is 1. The normalized spacial score (nSPS) is 17.4. The molecular weight excluding hydrogens is 443 g/mol. The Bertz CT molecular complexity index is 1130. The van der Waals surface area contributed by atoms with E-state index >= 15 is 0 Å². The second kappa shape index (κ2) is 10.5. The zero-order chi connectivity index (χ0) is 25.0. The number of hydrogen-bond acceptors (Lipinski definition) is 7. The van der Waals surface area contributed by atoms with Gasteiger partial charge in [-0.3, -0.25) is 9.59 Å². The number of Topliss-reactive ketones (excluding diaryl/α,β-unsaturated/α-hetero) is 1. The first-order valence-corrected chi connectivity index (χ1v) is 10.6. The number of esters is 1. The summed E-state index contributed by atoms with van der Waals surface area (Å²) in [5.74, 6) is -3.37. The first-order chi connectivity index (χ1) is 16.2. The van der Waals surface area contributed by atoms with Crippen LogP contribution in [-0.4, -0.2) is 74.0 Å². The van der Waals surface area contributed by atoms with Crippen molar-refractivity contribution < 1.29 is 33.4 Å². The summed E-state index contributed by atoms with van der Waals surface area (Å²) in [5, 5.41) is 11.0. The number of benzene rings is 2. The van der Waals surface area contributed by atoms with Crippen LogP contribution < -0.4 is 4.74 Å². The third-order valence-corrected chi connectivity index (χ3v) is 5.62. The molecule has 3 rings (SSSR count). The lowest BCUT2D eigenvalue weighted by molar-refractivity contribution is -0.139. The fourth-order valence-corrected chi connectivity index (χ4v) is 3.90. The Morgan fingerprint density at radius 3 is 2.29 bits per heavy atom. The number of ether oxygens (including phenoxy) is 2. The van der Waals surface area contributed by atoms with Crippen LogP contribution in [0.2, 0.25) is 0 Å². The molecule has 1 atom stereocenters. The van der Waals surface area contributed by atoms with Crippen molar-refractivity contribution in [2.24, 2.45) is 0 Å². The molecule has 0 spiro atoms. The third-order valence-electron chi connectivity index (χ3n) is 5.62. The fourth-order valence-electron chi connectivity index (χ4n) is 3.90. The van der Waals surface area contributed by atoms with Gasteiger partial charge in [0.05, 0.1) is 31.4 Å². The number of nitrogens with zero attached hydrogens (tertiary/aromatic N) is 2. The highest BCUT2D eigenvalue weighted by molar-refractivity contribution is 6.46. The molecule has 34 heavy (non-hydrogen) atoms. The second-order valence-electron chi connectivity index (χ2n) is 8.11. The van der Waals surface area contributed by atoms with Gasteiger partial charge in [-0.15, -0.1) is 0 Å². The summed E-state index contributed by atoms with van der Waals surface area (Å²) >= 11 is 0. The smallest absolute Gasteiger partial charge is 0.337 e. The van der Waals surface area contributed by atoms with Crippen molar-refractivity contribution in [1.82, 2.24) is 9.80 Å². The van der Waals surface area contributed by atoms with E-state index in [1.54, 1.807) is 12.1 Å². The van der Waals surface area contributed by atoms with Crippen LogP contribution in [0.15, 0.2) is 48.0 Å². The highest BCUT2D eigenvalue weighted by atomic mass is 19.1. The number of rotatable bonds is 8. The van der Waals surface area contributed by atoms with Gasteiger partial charge in [-0.25, -0.2) is 9.18 Å². The van der Waals surface area contributed by atoms with Gasteiger partial charge in [0.2, 0.25) is 0 Å². The first kappa shape index (κ1) is 24.9. The maximum Gasteiger partial charge on any atom is 0.337 e. The van der Waals surface area contributed by atoms with E-state index in [9.17, 15) is 23.9 Å². The molecule has 0 aromatic heterocycles. The minimum Gasteiger partial charge on any atom is -0.507 e. The monoisotopic (exact) mass is 470 g/mol. The van der Waals surface area contributed by atoms with E-state index in [1.165, 1.54) is 43.4 Å². The van der Waals surface area contributed by atoms with Crippen molar-refractivity contribution >= 4 is 23.4 Å². The molecule has 1 saturated heterocycles. The number of ketones is 1. The van der Waals surface area contributed by atoms with E-state index in [-0.39, 0.29) is 23.4 Å². The van der Waals surface area contributed by atoms with E-state index in [4.69, 9.17) is 9.47 Å². The van der Waals surface area contributed by atoms with E-state index in [2.05, 4.69) is 0 Å². The molecule has 8 nitrogen and oxygen atoms in total. The summed E-state index contributed by atoms with van der Waals surface area (Å²) in [7, 11) is 6.38. The molecular formula is C25H27FN2O6. The molecule has 0 radical (unpaired) electrons. The van der Waals surface area contributed by atoms with Crippen molar-refractivity contribution in [1.29, 1.82) is 0 Å². The summed E-state index contributed by atoms with van der Waals surface area (Å²) < 4.78 is 23.9. The predicted octanol–water partition coefficient (Wildman–Crippen LogP) is 2.99. The van der Waals surface area contributed by atoms with E-state index < -0.39 is 35.3 Å². The SMILES string of the molecule is COC(=O)c1ccc(C2/C(=C(/O)c3ccc(OC)c(F)c3)C(=O)C(=O)N2CCCN(C)C)cc1. The minimum atomic E-state index is -0.904. The van der Waals surface area contributed by atoms with Crippen LogP contribution in [0.1, 0.15) is 33.9 Å². The number of likely N-dealkylation sites (tertiary alicyclic amines) is 1. The van der Waals surface area contributed by atoms with Gasteiger partial charge < -0.3 is 24.4 Å². The number of halogens is 1. The Balaban J connectivity index is 2.10. The van der Waals surface area contributed by atoms with Crippen LogP contribution in [-0.2, 0) is 14.3 Å². The van der Waals surface area contributed by atoms with Crippen molar-refractivity contribution in [3.63, 3.8) is 0 Å². The number of hydrogen-bond donors (Lipinski definition) is 1.